The lowest BCUT2D eigenvalue weighted by Crippen LogP contribution is -2.26. The second-order valence-electron chi connectivity index (χ2n) is 5.20. The van der Waals surface area contributed by atoms with Crippen LogP contribution < -0.4 is 16.0 Å². The van der Waals surface area contributed by atoms with Crippen molar-refractivity contribution in [2.24, 2.45) is 0 Å². The summed E-state index contributed by atoms with van der Waals surface area (Å²) in [6, 6.07) is 6.85. The largest absolute Gasteiger partial charge is 0.491 e. The van der Waals surface area contributed by atoms with Gasteiger partial charge in [0.25, 0.3) is 5.56 Å². The number of H-pyrrole nitrogens is 1. The third kappa shape index (κ3) is 4.08. The Balaban J connectivity index is 1.63. The van der Waals surface area contributed by atoms with Crippen LogP contribution in [0.25, 0.3) is 11.2 Å². The van der Waals surface area contributed by atoms with Crippen LogP contribution in [0.15, 0.2) is 35.4 Å². The third-order valence-corrected chi connectivity index (χ3v) is 3.65. The number of nitrogens with zero attached hydrogens (tertiary/aromatic N) is 3. The molecule has 25 heavy (non-hydrogen) atoms. The van der Waals surface area contributed by atoms with E-state index in [0.29, 0.717) is 16.4 Å². The Labute approximate surface area is 147 Å². The SMILES string of the molecule is Nc1nc2c(ncn2COC(CO)COc2ccc(Cl)cc2)c(=O)[nH]1. The summed E-state index contributed by atoms with van der Waals surface area (Å²) in [5.74, 6) is 0.601. The maximum absolute atomic E-state index is 11.7. The van der Waals surface area contributed by atoms with Gasteiger partial charge in [0.2, 0.25) is 5.95 Å². The molecular weight excluding hydrogens is 350 g/mol. The van der Waals surface area contributed by atoms with E-state index in [0.717, 1.165) is 0 Å². The highest BCUT2D eigenvalue weighted by Gasteiger charge is 2.13. The molecule has 0 amide bonds. The number of imidazole rings is 1. The normalized spacial score (nSPS) is 12.4. The van der Waals surface area contributed by atoms with E-state index in [-0.39, 0.29) is 31.4 Å². The monoisotopic (exact) mass is 365 g/mol. The Morgan fingerprint density at radius 3 is 2.84 bits per heavy atom. The standard InChI is InChI=1S/C15H16ClN5O4/c16-9-1-3-10(4-2-9)24-6-11(5-22)25-8-21-7-18-12-13(21)19-15(17)20-14(12)23/h1-4,7,11,22H,5-6,8H2,(H3,17,19,20,23). The molecule has 132 valence electrons. The predicted octanol–water partition coefficient (Wildman–Crippen LogP) is 0.769. The number of aliphatic hydroxyl groups is 1. The molecule has 3 aromatic rings. The zero-order valence-electron chi connectivity index (χ0n) is 13.1. The van der Waals surface area contributed by atoms with Crippen LogP contribution in [-0.4, -0.2) is 43.9 Å². The molecule has 0 aliphatic heterocycles. The molecule has 1 unspecified atom stereocenters. The number of nitrogen functional groups attached to an aromatic ring is 1. The van der Waals surface area contributed by atoms with Gasteiger partial charge < -0.3 is 20.3 Å². The molecule has 2 aromatic heterocycles. The van der Waals surface area contributed by atoms with Gasteiger partial charge in [-0.3, -0.25) is 14.3 Å². The molecule has 0 saturated heterocycles. The van der Waals surface area contributed by atoms with Gasteiger partial charge in [0.1, 0.15) is 25.2 Å². The molecule has 3 rings (SSSR count). The van der Waals surface area contributed by atoms with Crippen LogP contribution in [0.3, 0.4) is 0 Å². The average molecular weight is 366 g/mol. The fourth-order valence-corrected chi connectivity index (χ4v) is 2.25. The van der Waals surface area contributed by atoms with E-state index in [1.807, 2.05) is 0 Å². The van der Waals surface area contributed by atoms with Gasteiger partial charge in [0.05, 0.1) is 12.9 Å². The molecule has 0 fully saturated rings. The summed E-state index contributed by atoms with van der Waals surface area (Å²) in [7, 11) is 0. The number of halogens is 1. The highest BCUT2D eigenvalue weighted by Crippen LogP contribution is 2.16. The maximum Gasteiger partial charge on any atom is 0.280 e. The minimum atomic E-state index is -0.576. The van der Waals surface area contributed by atoms with Crippen molar-refractivity contribution in [2.75, 3.05) is 18.9 Å². The maximum atomic E-state index is 11.7. The number of hydrogen-bond acceptors (Lipinski definition) is 7. The van der Waals surface area contributed by atoms with Gasteiger partial charge in [-0.1, -0.05) is 11.6 Å². The fraction of sp³-hybridized carbons (Fsp3) is 0.267. The first kappa shape index (κ1) is 17.2. The summed E-state index contributed by atoms with van der Waals surface area (Å²) in [5.41, 5.74) is 5.58. The molecule has 0 bridgehead atoms. The zero-order chi connectivity index (χ0) is 17.8. The van der Waals surface area contributed by atoms with Crippen molar-refractivity contribution in [1.29, 1.82) is 0 Å². The minimum absolute atomic E-state index is 0.0102. The molecule has 10 heteroatoms. The summed E-state index contributed by atoms with van der Waals surface area (Å²) >= 11 is 5.81. The van der Waals surface area contributed by atoms with Gasteiger partial charge >= 0.3 is 0 Å². The molecule has 0 spiro atoms. The molecule has 2 heterocycles. The van der Waals surface area contributed by atoms with Crippen molar-refractivity contribution in [3.05, 3.63) is 46.0 Å². The number of aromatic amines is 1. The highest BCUT2D eigenvalue weighted by molar-refractivity contribution is 6.30. The van der Waals surface area contributed by atoms with E-state index in [1.54, 1.807) is 24.3 Å². The van der Waals surface area contributed by atoms with Crippen molar-refractivity contribution in [2.45, 2.75) is 12.8 Å². The highest BCUT2D eigenvalue weighted by atomic mass is 35.5. The second kappa shape index (κ2) is 7.51. The van der Waals surface area contributed by atoms with Crippen molar-refractivity contribution in [1.82, 2.24) is 19.5 Å². The number of fused-ring (bicyclic) bond motifs is 1. The van der Waals surface area contributed by atoms with E-state index in [9.17, 15) is 9.90 Å². The number of anilines is 1. The number of nitrogens with one attached hydrogen (secondary N) is 1. The van der Waals surface area contributed by atoms with Crippen molar-refractivity contribution in [3.8, 4) is 5.75 Å². The Morgan fingerprint density at radius 1 is 1.36 bits per heavy atom. The molecule has 0 aliphatic rings. The van der Waals surface area contributed by atoms with Gasteiger partial charge in [0, 0.05) is 5.02 Å². The van der Waals surface area contributed by atoms with Crippen LogP contribution in [-0.2, 0) is 11.5 Å². The summed E-state index contributed by atoms with van der Waals surface area (Å²) in [5, 5.41) is 10.0. The molecule has 0 aliphatic carbocycles. The lowest BCUT2D eigenvalue weighted by molar-refractivity contribution is -0.0437. The van der Waals surface area contributed by atoms with E-state index >= 15 is 0 Å². The number of hydrogen-bond donors (Lipinski definition) is 3. The predicted molar refractivity (Wildman–Crippen MR) is 91.5 cm³/mol. The Hall–Kier alpha value is -2.62. The lowest BCUT2D eigenvalue weighted by atomic mass is 10.3. The summed E-state index contributed by atoms with van der Waals surface area (Å²) in [4.78, 5) is 22.1. The number of aromatic nitrogens is 4. The smallest absolute Gasteiger partial charge is 0.280 e. The van der Waals surface area contributed by atoms with Crippen molar-refractivity contribution < 1.29 is 14.6 Å². The lowest BCUT2D eigenvalue weighted by Gasteiger charge is -2.16. The van der Waals surface area contributed by atoms with Crippen LogP contribution in [0.4, 0.5) is 5.95 Å². The van der Waals surface area contributed by atoms with E-state index in [4.69, 9.17) is 26.8 Å². The van der Waals surface area contributed by atoms with Crippen molar-refractivity contribution in [3.63, 3.8) is 0 Å². The first-order valence-electron chi connectivity index (χ1n) is 7.38. The Bertz CT molecular complexity index is 908. The minimum Gasteiger partial charge on any atom is -0.491 e. The Morgan fingerprint density at radius 2 is 2.12 bits per heavy atom. The summed E-state index contributed by atoms with van der Waals surface area (Å²) in [6.45, 7) is -0.0706. The number of ether oxygens (including phenoxy) is 2. The van der Waals surface area contributed by atoms with E-state index in [1.165, 1.54) is 10.9 Å². The number of nitrogens with two attached hydrogens (primary N) is 1. The molecule has 0 saturated carbocycles. The number of rotatable bonds is 7. The first-order valence-corrected chi connectivity index (χ1v) is 7.76. The van der Waals surface area contributed by atoms with Crippen LogP contribution in [0.5, 0.6) is 5.75 Å². The Kier molecular flexibility index (Phi) is 5.17. The third-order valence-electron chi connectivity index (χ3n) is 3.40. The van der Waals surface area contributed by atoms with Gasteiger partial charge in [-0.2, -0.15) is 4.98 Å². The number of benzene rings is 1. The summed E-state index contributed by atoms with van der Waals surface area (Å²) in [6.07, 6.45) is 0.841. The molecular formula is C15H16ClN5O4. The molecule has 9 nitrogen and oxygen atoms in total. The van der Waals surface area contributed by atoms with Gasteiger partial charge in [-0.05, 0) is 24.3 Å². The van der Waals surface area contributed by atoms with Crippen LogP contribution >= 0.6 is 11.6 Å². The molecule has 0 radical (unpaired) electrons. The molecule has 1 aromatic carbocycles. The van der Waals surface area contributed by atoms with Crippen LogP contribution in [0, 0.1) is 0 Å². The topological polar surface area (TPSA) is 128 Å². The molecule has 1 atom stereocenters. The second-order valence-corrected chi connectivity index (χ2v) is 5.64. The van der Waals surface area contributed by atoms with E-state index in [2.05, 4.69) is 15.0 Å². The van der Waals surface area contributed by atoms with Gasteiger partial charge in [-0.15, -0.1) is 0 Å². The van der Waals surface area contributed by atoms with E-state index < -0.39 is 11.7 Å². The van der Waals surface area contributed by atoms with Gasteiger partial charge in [0.15, 0.2) is 11.2 Å². The summed E-state index contributed by atoms with van der Waals surface area (Å²) < 4.78 is 12.7. The first-order chi connectivity index (χ1) is 12.1. The zero-order valence-corrected chi connectivity index (χ0v) is 13.8. The average Bonchev–Trinajstić information content (AvgIpc) is 3.00. The molecule has 4 N–H and O–H groups in total. The number of aliphatic hydroxyl groups excluding tert-OH is 1. The van der Waals surface area contributed by atoms with Crippen LogP contribution in [0.2, 0.25) is 5.02 Å². The van der Waals surface area contributed by atoms with Crippen LogP contribution in [0.1, 0.15) is 0 Å². The fourth-order valence-electron chi connectivity index (χ4n) is 2.12. The van der Waals surface area contributed by atoms with Crippen molar-refractivity contribution >= 4 is 28.7 Å². The quantitative estimate of drug-likeness (QED) is 0.564. The van der Waals surface area contributed by atoms with Gasteiger partial charge in [-0.25, -0.2) is 4.98 Å².